The van der Waals surface area contributed by atoms with E-state index in [0.29, 0.717) is 16.9 Å². The average molecular weight is 524 g/mol. The van der Waals surface area contributed by atoms with Crippen molar-refractivity contribution in [1.29, 1.82) is 0 Å². The number of hydrogen-bond acceptors (Lipinski definition) is 2. The zero-order valence-electron chi connectivity index (χ0n) is 22.4. The summed E-state index contributed by atoms with van der Waals surface area (Å²) in [4.78, 5) is 33.3. The third-order valence-electron chi connectivity index (χ3n) is 7.49. The van der Waals surface area contributed by atoms with Gasteiger partial charge in [-0.15, -0.1) is 0 Å². The van der Waals surface area contributed by atoms with Crippen LogP contribution in [-0.4, -0.2) is 22.8 Å². The number of rotatable bonds is 7. The van der Waals surface area contributed by atoms with Gasteiger partial charge in [-0.25, -0.2) is 4.39 Å². The summed E-state index contributed by atoms with van der Waals surface area (Å²) in [5, 5.41) is 3.22. The first-order valence-corrected chi connectivity index (χ1v) is 13.6. The van der Waals surface area contributed by atoms with E-state index in [-0.39, 0.29) is 17.9 Å². The van der Waals surface area contributed by atoms with Gasteiger partial charge < -0.3 is 10.3 Å². The second-order valence-corrected chi connectivity index (χ2v) is 10.4. The maximum Gasteiger partial charge on any atom is 0.275 e. The molecule has 0 radical (unpaired) electrons. The van der Waals surface area contributed by atoms with Crippen LogP contribution in [-0.2, 0) is 4.79 Å². The Bertz CT molecular complexity index is 1440. The zero-order valence-corrected chi connectivity index (χ0v) is 22.4. The van der Waals surface area contributed by atoms with E-state index in [1.807, 2.05) is 68.4 Å². The van der Waals surface area contributed by atoms with E-state index < -0.39 is 11.9 Å². The topological polar surface area (TPSA) is 65.2 Å². The summed E-state index contributed by atoms with van der Waals surface area (Å²) >= 11 is 0. The SMILES string of the molecule is Cc1ccc(C)c(N(C(=O)c2ccc(-c3ccccc3)[nH]2)[C@H](C(=O)NC2CCCCC2)c2ccc(F)cc2)c1. The van der Waals surface area contributed by atoms with Crippen molar-refractivity contribution in [3.8, 4) is 11.3 Å². The van der Waals surface area contributed by atoms with Crippen LogP contribution in [0.4, 0.5) is 10.1 Å². The summed E-state index contributed by atoms with van der Waals surface area (Å²) in [6, 6.07) is 24.2. The Balaban J connectivity index is 1.61. The first kappa shape index (κ1) is 26.4. The maximum atomic E-state index is 14.4. The van der Waals surface area contributed by atoms with E-state index in [9.17, 15) is 14.0 Å². The number of carbonyl (C=O) groups excluding carboxylic acids is 2. The first-order chi connectivity index (χ1) is 18.9. The summed E-state index contributed by atoms with van der Waals surface area (Å²) in [5.74, 6) is -0.997. The first-order valence-electron chi connectivity index (χ1n) is 13.6. The Morgan fingerprint density at radius 3 is 2.33 bits per heavy atom. The fourth-order valence-corrected chi connectivity index (χ4v) is 5.37. The second kappa shape index (κ2) is 11.7. The molecule has 0 saturated heterocycles. The number of aromatic amines is 1. The molecule has 1 atom stereocenters. The van der Waals surface area contributed by atoms with E-state index in [1.165, 1.54) is 12.1 Å². The molecule has 1 saturated carbocycles. The number of H-pyrrole nitrogens is 1. The predicted molar refractivity (Wildman–Crippen MR) is 153 cm³/mol. The molecule has 6 heteroatoms. The van der Waals surface area contributed by atoms with Crippen LogP contribution < -0.4 is 10.2 Å². The minimum Gasteiger partial charge on any atom is -0.351 e. The Labute approximate surface area is 229 Å². The van der Waals surface area contributed by atoms with Crippen molar-refractivity contribution >= 4 is 17.5 Å². The lowest BCUT2D eigenvalue weighted by molar-refractivity contribution is -0.123. The Kier molecular flexibility index (Phi) is 7.92. The highest BCUT2D eigenvalue weighted by Crippen LogP contribution is 2.34. The standard InChI is InChI=1S/C33H34FN3O2/c1-22-13-14-23(2)30(21-22)37(33(39)29-20-19-28(36-29)24-9-5-3-6-10-24)31(25-15-17-26(34)18-16-25)32(38)35-27-11-7-4-8-12-27/h3,5-6,9-10,13-21,27,31,36H,4,7-8,11-12H2,1-2H3,(H,35,38)/t31-/m0/s1. The van der Waals surface area contributed by atoms with Gasteiger partial charge >= 0.3 is 0 Å². The molecule has 3 aromatic carbocycles. The lowest BCUT2D eigenvalue weighted by Gasteiger charge is -2.34. The van der Waals surface area contributed by atoms with Crippen LogP contribution in [0.15, 0.2) is 84.9 Å². The molecule has 1 fully saturated rings. The maximum absolute atomic E-state index is 14.4. The molecule has 2 amide bonds. The fourth-order valence-electron chi connectivity index (χ4n) is 5.37. The van der Waals surface area contributed by atoms with Crippen molar-refractivity contribution in [2.45, 2.75) is 58.0 Å². The number of amides is 2. The Morgan fingerprint density at radius 2 is 1.62 bits per heavy atom. The van der Waals surface area contributed by atoms with Gasteiger partial charge in [-0.1, -0.05) is 73.9 Å². The van der Waals surface area contributed by atoms with Gasteiger partial charge in [-0.3, -0.25) is 14.5 Å². The number of anilines is 1. The number of aryl methyl sites for hydroxylation is 2. The highest BCUT2D eigenvalue weighted by molar-refractivity contribution is 6.10. The molecule has 39 heavy (non-hydrogen) atoms. The van der Waals surface area contributed by atoms with Gasteiger partial charge in [-0.2, -0.15) is 0 Å². The van der Waals surface area contributed by atoms with Crippen molar-refractivity contribution in [2.75, 3.05) is 4.90 Å². The largest absolute Gasteiger partial charge is 0.351 e. The minimum atomic E-state index is -0.982. The number of halogens is 1. The number of aromatic nitrogens is 1. The molecular formula is C33H34FN3O2. The average Bonchev–Trinajstić information content (AvgIpc) is 3.45. The van der Waals surface area contributed by atoms with Gasteiger partial charge in [0.25, 0.3) is 5.91 Å². The van der Waals surface area contributed by atoms with E-state index in [1.54, 1.807) is 23.1 Å². The van der Waals surface area contributed by atoms with E-state index in [4.69, 9.17) is 0 Å². The van der Waals surface area contributed by atoms with Gasteiger partial charge in [0.15, 0.2) is 0 Å². The number of hydrogen-bond donors (Lipinski definition) is 2. The summed E-state index contributed by atoms with van der Waals surface area (Å²) in [7, 11) is 0. The Morgan fingerprint density at radius 1 is 0.897 bits per heavy atom. The molecule has 5 rings (SSSR count). The lowest BCUT2D eigenvalue weighted by Crippen LogP contribution is -2.47. The fraction of sp³-hybridized carbons (Fsp3) is 0.273. The van der Waals surface area contributed by atoms with Crippen LogP contribution in [0.1, 0.15) is 65.3 Å². The number of benzene rings is 3. The summed E-state index contributed by atoms with van der Waals surface area (Å²) in [5.41, 5.74) is 5.16. The third-order valence-corrected chi connectivity index (χ3v) is 7.49. The van der Waals surface area contributed by atoms with Crippen LogP contribution in [0, 0.1) is 19.7 Å². The van der Waals surface area contributed by atoms with E-state index in [2.05, 4.69) is 10.3 Å². The monoisotopic (exact) mass is 523 g/mol. The Hall–Kier alpha value is -4.19. The van der Waals surface area contributed by atoms with E-state index >= 15 is 0 Å². The number of nitrogens with zero attached hydrogens (tertiary/aromatic N) is 1. The molecule has 200 valence electrons. The highest BCUT2D eigenvalue weighted by atomic mass is 19.1. The van der Waals surface area contributed by atoms with Crippen LogP contribution in [0.5, 0.6) is 0 Å². The number of nitrogens with one attached hydrogen (secondary N) is 2. The molecule has 1 aliphatic rings. The van der Waals surface area contributed by atoms with Crippen molar-refractivity contribution in [1.82, 2.24) is 10.3 Å². The molecular weight excluding hydrogens is 489 g/mol. The lowest BCUT2D eigenvalue weighted by atomic mass is 9.94. The van der Waals surface area contributed by atoms with Crippen molar-refractivity contribution < 1.29 is 14.0 Å². The number of carbonyl (C=O) groups is 2. The molecule has 2 N–H and O–H groups in total. The van der Waals surface area contributed by atoms with Gasteiger partial charge in [-0.05, 0) is 79.3 Å². The molecule has 0 unspecified atom stereocenters. The van der Waals surface area contributed by atoms with Gasteiger partial charge in [0.05, 0.1) is 0 Å². The minimum absolute atomic E-state index is 0.0555. The molecule has 1 heterocycles. The predicted octanol–water partition coefficient (Wildman–Crippen LogP) is 7.27. The summed E-state index contributed by atoms with van der Waals surface area (Å²) in [6.07, 6.45) is 5.12. The van der Waals surface area contributed by atoms with Crippen LogP contribution in [0.25, 0.3) is 11.3 Å². The van der Waals surface area contributed by atoms with Gasteiger partial charge in [0, 0.05) is 17.4 Å². The van der Waals surface area contributed by atoms with Crippen LogP contribution >= 0.6 is 0 Å². The zero-order chi connectivity index (χ0) is 27.4. The van der Waals surface area contributed by atoms with Crippen LogP contribution in [0.2, 0.25) is 0 Å². The third kappa shape index (κ3) is 5.95. The molecule has 5 nitrogen and oxygen atoms in total. The molecule has 1 aliphatic carbocycles. The molecule has 0 aliphatic heterocycles. The highest BCUT2D eigenvalue weighted by Gasteiger charge is 2.36. The van der Waals surface area contributed by atoms with E-state index in [0.717, 1.165) is 54.5 Å². The molecule has 4 aromatic rings. The quantitative estimate of drug-likeness (QED) is 0.267. The normalized spacial score (nSPS) is 14.5. The smallest absolute Gasteiger partial charge is 0.275 e. The van der Waals surface area contributed by atoms with Crippen LogP contribution in [0.3, 0.4) is 0 Å². The second-order valence-electron chi connectivity index (χ2n) is 10.4. The van der Waals surface area contributed by atoms with Crippen molar-refractivity contribution in [3.63, 3.8) is 0 Å². The van der Waals surface area contributed by atoms with Crippen molar-refractivity contribution in [3.05, 3.63) is 113 Å². The molecule has 0 spiro atoms. The van der Waals surface area contributed by atoms with Crippen molar-refractivity contribution in [2.24, 2.45) is 0 Å². The summed E-state index contributed by atoms with van der Waals surface area (Å²) in [6.45, 7) is 3.89. The molecule has 1 aromatic heterocycles. The molecule has 0 bridgehead atoms. The van der Waals surface area contributed by atoms with Gasteiger partial charge in [0.2, 0.25) is 5.91 Å². The summed E-state index contributed by atoms with van der Waals surface area (Å²) < 4.78 is 14.0. The van der Waals surface area contributed by atoms with Gasteiger partial charge in [0.1, 0.15) is 17.6 Å².